The van der Waals surface area contributed by atoms with E-state index in [1.54, 1.807) is 11.7 Å². The summed E-state index contributed by atoms with van der Waals surface area (Å²) in [5, 5.41) is 7.63. The van der Waals surface area contributed by atoms with Gasteiger partial charge in [-0.05, 0) is 25.0 Å². The second-order valence-corrected chi connectivity index (χ2v) is 5.13. The molecule has 1 N–H and O–H groups in total. The first kappa shape index (κ1) is 14.6. The van der Waals surface area contributed by atoms with E-state index in [2.05, 4.69) is 17.3 Å². The molecular weight excluding hydrogens is 274 g/mol. The molecule has 4 nitrogen and oxygen atoms in total. The number of hydrogen-bond donors (Lipinski definition) is 1. The van der Waals surface area contributed by atoms with Gasteiger partial charge in [-0.1, -0.05) is 43.1 Å². The lowest BCUT2D eigenvalue weighted by atomic mass is 10.2. The number of para-hydroxylation sites is 1. The number of hydrogen-bond acceptors (Lipinski definition) is 2. The van der Waals surface area contributed by atoms with Crippen molar-refractivity contribution in [2.45, 2.75) is 26.7 Å². The normalized spacial score (nSPS) is 10.6. The molecule has 0 aliphatic heterocycles. The van der Waals surface area contributed by atoms with Crippen LogP contribution in [0.25, 0.3) is 0 Å². The Labute approximate surface area is 123 Å². The molecule has 1 heterocycles. The summed E-state index contributed by atoms with van der Waals surface area (Å²) in [4.78, 5) is 12.4. The number of nitrogens with zero attached hydrogens (tertiary/aromatic N) is 2. The van der Waals surface area contributed by atoms with Gasteiger partial charge in [0.05, 0.1) is 10.7 Å². The molecule has 1 aromatic carbocycles. The highest BCUT2D eigenvalue weighted by Crippen LogP contribution is 2.23. The minimum absolute atomic E-state index is 0.235. The number of amides is 1. The zero-order valence-electron chi connectivity index (χ0n) is 11.9. The van der Waals surface area contributed by atoms with Crippen LogP contribution in [0.15, 0.2) is 24.3 Å². The van der Waals surface area contributed by atoms with Crippen LogP contribution in [-0.4, -0.2) is 15.7 Å². The lowest BCUT2D eigenvalue weighted by Gasteiger charge is -2.08. The molecule has 5 heteroatoms. The van der Waals surface area contributed by atoms with Crippen molar-refractivity contribution in [3.63, 3.8) is 0 Å². The van der Waals surface area contributed by atoms with Crippen LogP contribution in [-0.2, 0) is 13.5 Å². The Morgan fingerprint density at radius 2 is 2.10 bits per heavy atom. The molecule has 0 aliphatic rings. The van der Waals surface area contributed by atoms with Crippen LogP contribution in [0.4, 0.5) is 5.69 Å². The van der Waals surface area contributed by atoms with Crippen molar-refractivity contribution in [3.05, 3.63) is 46.2 Å². The van der Waals surface area contributed by atoms with Crippen LogP contribution < -0.4 is 5.32 Å². The van der Waals surface area contributed by atoms with Gasteiger partial charge in [-0.2, -0.15) is 5.10 Å². The largest absolute Gasteiger partial charge is 0.320 e. The van der Waals surface area contributed by atoms with Gasteiger partial charge >= 0.3 is 0 Å². The molecule has 0 spiro atoms. The molecule has 0 atom stereocenters. The highest BCUT2D eigenvalue weighted by molar-refractivity contribution is 6.34. The van der Waals surface area contributed by atoms with E-state index in [0.717, 1.165) is 29.8 Å². The van der Waals surface area contributed by atoms with Crippen molar-refractivity contribution in [2.24, 2.45) is 7.05 Å². The summed E-state index contributed by atoms with van der Waals surface area (Å²) in [6.45, 7) is 4.00. The maximum Gasteiger partial charge on any atom is 0.275 e. The van der Waals surface area contributed by atoms with Crippen LogP contribution in [0.1, 0.15) is 35.1 Å². The van der Waals surface area contributed by atoms with Crippen LogP contribution >= 0.6 is 11.6 Å². The predicted octanol–water partition coefficient (Wildman–Crippen LogP) is 3.59. The Kier molecular flexibility index (Phi) is 4.45. The highest BCUT2D eigenvalue weighted by Gasteiger charge is 2.20. The Morgan fingerprint density at radius 3 is 2.75 bits per heavy atom. The first-order valence-electron chi connectivity index (χ1n) is 6.63. The number of rotatable bonds is 4. The molecule has 1 aromatic heterocycles. The van der Waals surface area contributed by atoms with Crippen LogP contribution in [0.5, 0.6) is 0 Å². The van der Waals surface area contributed by atoms with E-state index < -0.39 is 0 Å². The number of carbonyl (C=O) groups excluding carboxylic acids is 1. The minimum Gasteiger partial charge on any atom is -0.320 e. The molecule has 106 valence electrons. The third-order valence-electron chi connectivity index (χ3n) is 3.15. The third kappa shape index (κ3) is 2.85. The van der Waals surface area contributed by atoms with Gasteiger partial charge in [0.15, 0.2) is 0 Å². The third-order valence-corrected chi connectivity index (χ3v) is 3.55. The SMILES string of the molecule is CCCc1nn(C)c(C(=O)Nc2ccccc2C)c1Cl. The van der Waals surface area contributed by atoms with Crippen molar-refractivity contribution in [2.75, 3.05) is 5.32 Å². The number of nitrogens with one attached hydrogen (secondary N) is 1. The molecule has 0 unspecified atom stereocenters. The monoisotopic (exact) mass is 291 g/mol. The lowest BCUT2D eigenvalue weighted by molar-refractivity contribution is 0.101. The second kappa shape index (κ2) is 6.09. The summed E-state index contributed by atoms with van der Waals surface area (Å²) in [5.41, 5.74) is 2.96. The summed E-state index contributed by atoms with van der Waals surface area (Å²) in [7, 11) is 1.73. The highest BCUT2D eigenvalue weighted by atomic mass is 35.5. The summed E-state index contributed by atoms with van der Waals surface area (Å²) in [6, 6.07) is 7.63. The number of aromatic nitrogens is 2. The van der Waals surface area contributed by atoms with Crippen molar-refractivity contribution in [3.8, 4) is 0 Å². The van der Waals surface area contributed by atoms with Crippen molar-refractivity contribution in [1.29, 1.82) is 0 Å². The molecule has 0 bridgehead atoms. The molecule has 20 heavy (non-hydrogen) atoms. The van der Waals surface area contributed by atoms with Crippen LogP contribution in [0, 0.1) is 6.92 Å². The van der Waals surface area contributed by atoms with Crippen molar-refractivity contribution >= 4 is 23.2 Å². The number of benzene rings is 1. The predicted molar refractivity (Wildman–Crippen MR) is 81.3 cm³/mol. The minimum atomic E-state index is -0.235. The van der Waals surface area contributed by atoms with Crippen molar-refractivity contribution in [1.82, 2.24) is 9.78 Å². The summed E-state index contributed by atoms with van der Waals surface area (Å²) >= 11 is 6.27. The van der Waals surface area contributed by atoms with Gasteiger partial charge in [-0.3, -0.25) is 9.48 Å². The summed E-state index contributed by atoms with van der Waals surface area (Å²) in [5.74, 6) is -0.235. The average Bonchev–Trinajstić information content (AvgIpc) is 2.68. The van der Waals surface area contributed by atoms with Gasteiger partial charge in [0.25, 0.3) is 5.91 Å². The topological polar surface area (TPSA) is 46.9 Å². The molecule has 0 saturated heterocycles. The second-order valence-electron chi connectivity index (χ2n) is 4.75. The average molecular weight is 292 g/mol. The van der Waals surface area contributed by atoms with E-state index in [1.807, 2.05) is 31.2 Å². The zero-order valence-corrected chi connectivity index (χ0v) is 12.7. The lowest BCUT2D eigenvalue weighted by Crippen LogP contribution is -2.17. The summed E-state index contributed by atoms with van der Waals surface area (Å²) < 4.78 is 1.54. The Balaban J connectivity index is 2.28. The number of anilines is 1. The van der Waals surface area contributed by atoms with E-state index in [4.69, 9.17) is 11.6 Å². The Hall–Kier alpha value is -1.81. The number of aryl methyl sites for hydroxylation is 3. The fraction of sp³-hybridized carbons (Fsp3) is 0.333. The van der Waals surface area contributed by atoms with Gasteiger partial charge in [0.1, 0.15) is 5.69 Å². The molecule has 0 fully saturated rings. The molecule has 1 amide bonds. The number of carbonyl (C=O) groups is 1. The van der Waals surface area contributed by atoms with Gasteiger partial charge in [-0.25, -0.2) is 0 Å². The van der Waals surface area contributed by atoms with E-state index >= 15 is 0 Å². The maximum atomic E-state index is 12.4. The molecule has 2 rings (SSSR count). The van der Waals surface area contributed by atoms with Gasteiger partial charge in [0.2, 0.25) is 0 Å². The Morgan fingerprint density at radius 1 is 1.40 bits per heavy atom. The van der Waals surface area contributed by atoms with Crippen LogP contribution in [0.2, 0.25) is 5.02 Å². The fourth-order valence-corrected chi connectivity index (χ4v) is 2.43. The zero-order chi connectivity index (χ0) is 14.7. The standard InChI is InChI=1S/C15H18ClN3O/c1-4-7-12-13(16)14(19(3)18-12)15(20)17-11-9-6-5-8-10(11)2/h5-6,8-9H,4,7H2,1-3H3,(H,17,20). The summed E-state index contributed by atoms with van der Waals surface area (Å²) in [6.07, 6.45) is 1.71. The van der Waals surface area contributed by atoms with Crippen LogP contribution in [0.3, 0.4) is 0 Å². The fourth-order valence-electron chi connectivity index (χ4n) is 2.09. The van der Waals surface area contributed by atoms with E-state index in [-0.39, 0.29) is 5.91 Å². The van der Waals surface area contributed by atoms with Gasteiger partial charge < -0.3 is 5.32 Å². The van der Waals surface area contributed by atoms with Gasteiger partial charge in [-0.15, -0.1) is 0 Å². The first-order chi connectivity index (χ1) is 9.54. The molecule has 0 aliphatic carbocycles. The maximum absolute atomic E-state index is 12.4. The molecule has 0 radical (unpaired) electrons. The molecular formula is C15H18ClN3O. The van der Waals surface area contributed by atoms with Gasteiger partial charge in [0, 0.05) is 12.7 Å². The Bertz CT molecular complexity index is 634. The number of halogens is 1. The van der Waals surface area contributed by atoms with Crippen molar-refractivity contribution < 1.29 is 4.79 Å². The smallest absolute Gasteiger partial charge is 0.275 e. The first-order valence-corrected chi connectivity index (χ1v) is 7.00. The molecule has 0 saturated carbocycles. The van der Waals surface area contributed by atoms with E-state index in [9.17, 15) is 4.79 Å². The van der Waals surface area contributed by atoms with E-state index in [1.165, 1.54) is 0 Å². The van der Waals surface area contributed by atoms with E-state index in [0.29, 0.717) is 10.7 Å². The molecule has 2 aromatic rings. The quantitative estimate of drug-likeness (QED) is 0.936.